The molecule has 4 bridgehead atoms. The molecule has 0 aliphatic carbocycles. The fourth-order valence-electron chi connectivity index (χ4n) is 13.8. The van der Waals surface area contributed by atoms with E-state index in [2.05, 4.69) is 10.6 Å². The van der Waals surface area contributed by atoms with E-state index in [1.165, 1.54) is 11.8 Å². The molecule has 10 fully saturated rings. The molecule has 109 heavy (non-hydrogen) atoms. The highest BCUT2D eigenvalue weighted by Gasteiger charge is 2.55. The van der Waals surface area contributed by atoms with Crippen LogP contribution in [-0.2, 0) is 66.3 Å². The van der Waals surface area contributed by atoms with Gasteiger partial charge in [0.1, 0.15) is 169 Å². The molecule has 44 heteroatoms. The van der Waals surface area contributed by atoms with Crippen molar-refractivity contribution < 1.29 is 184 Å². The van der Waals surface area contributed by atoms with Crippen molar-refractivity contribution in [3.8, 4) is 0 Å². The van der Waals surface area contributed by atoms with Gasteiger partial charge in [-0.3, -0.25) is 0 Å². The predicted molar refractivity (Wildman–Crippen MR) is 384 cm³/mol. The zero-order valence-electron chi connectivity index (χ0n) is 60.0. The summed E-state index contributed by atoms with van der Waals surface area (Å²) in [5.41, 5.74) is -4.16. The molecule has 10 saturated heterocycles. The molecule has 0 amide bonds. The molecule has 0 aromatic heterocycles. The molecule has 0 aromatic carbocycles. The Morgan fingerprint density at radius 2 is 0.844 bits per heavy atom. The van der Waals surface area contributed by atoms with Gasteiger partial charge in [-0.25, -0.2) is 0 Å². The summed E-state index contributed by atoms with van der Waals surface area (Å²) >= 11 is 10.7. The highest BCUT2D eigenvalue weighted by atomic mass is 32.2. The molecule has 0 radical (unpaired) electrons. The van der Waals surface area contributed by atoms with Crippen LogP contribution in [-0.4, -0.2) is 457 Å². The second-order valence-corrected chi connectivity index (χ2v) is 33.4. The number of fused-ring (bicyclic) bond motifs is 2. The Morgan fingerprint density at radius 1 is 0.394 bits per heavy atom. The number of rotatable bonds is 39. The summed E-state index contributed by atoms with van der Waals surface area (Å²) in [6.07, 6.45) is -43.1. The SMILES string of the molecule is OCC1O[C@@H](SCCCOCCC(CNC(=S)NCCSCC2O[C@@H]3O[C@@H]4C(CO)O[C@H](OCCCCC[C@H]2[C@H](O)C3O)C(O)[C@H]4O)(COCCCS[C@@H]2OC(CO)[C@@H](O[C@@H]3OC(CO)[C@H](O)[C@H](O)C3O)[C@H](O)C2O)COCCCS[C@@H]2OC(CO)[C@@H](O[C@@H]3OC(CO)[C@H](O)[C@H](O)C3O)[C@H](O)C2O)C(O)[C@@H](O)[C@@H]1O. The van der Waals surface area contributed by atoms with E-state index in [-0.39, 0.29) is 75.8 Å². The largest absolute Gasteiger partial charge is 0.394 e. The normalized spacial score (nSPS) is 43.1. The van der Waals surface area contributed by atoms with Crippen molar-refractivity contribution in [3.63, 3.8) is 0 Å². The average Bonchev–Trinajstić information content (AvgIpc) is 1.23. The van der Waals surface area contributed by atoms with Crippen LogP contribution in [0.2, 0.25) is 0 Å². The van der Waals surface area contributed by atoms with Crippen LogP contribution < -0.4 is 10.6 Å². The van der Waals surface area contributed by atoms with Gasteiger partial charge in [0, 0.05) is 69.0 Å². The standard InChI is InChI=1S/C65H116N2O37S5/c68-19-30-38(75)41(78)48(85)59(95-30)103-55-34(23-72)100-62(52(89)45(55)82)108-16-5-11-92-27-65(8-14-91-10-4-15-107-61-51(88)43(80)40(77)32(21-70)99-61,28-93-12-6-17-109-63-53(90)46(83)56(35(24-73)101-63)104-60-49(86)42(79)39(76)31(20-69)96-60)26-67-64(105)66-9-18-106-25-36-29-7-2-1-3-13-94-57-50(87)44(81)54(33(22-71)97-57)102-58(98-36)47(84)37(29)74/h29-63,68-90H,1-28H2,(H2,66,67,105)/t29-,30?,31?,32?,33?,34?,35?,36?,37+,38+,39+,40-,41+,42+,43+,44-,45-,46-,47?,48?,49?,50?,51?,52?,53?,54-,55-,56-,57+,58-,59+,60+,61+,62+,63+,65?/m1/s1. The molecule has 0 spiro atoms. The van der Waals surface area contributed by atoms with Gasteiger partial charge in [-0.15, -0.1) is 35.3 Å². The van der Waals surface area contributed by atoms with Gasteiger partial charge in [0.2, 0.25) is 0 Å². The quantitative estimate of drug-likeness (QED) is 0.0201. The molecular weight excluding hydrogens is 1560 g/mol. The Hall–Kier alpha value is -0.390. The molecule has 14 unspecified atom stereocenters. The first-order valence-corrected chi connectivity index (χ1v) is 41.5. The van der Waals surface area contributed by atoms with E-state index in [4.69, 9.17) is 78.5 Å². The minimum absolute atomic E-state index is 0.00398. The molecule has 10 aliphatic heterocycles. The van der Waals surface area contributed by atoms with Crippen molar-refractivity contribution in [1.29, 1.82) is 0 Å². The summed E-state index contributed by atoms with van der Waals surface area (Å²) in [5, 5.41) is 250. The van der Waals surface area contributed by atoms with Gasteiger partial charge in [0.25, 0.3) is 0 Å². The van der Waals surface area contributed by atoms with Crippen molar-refractivity contribution >= 4 is 64.4 Å². The summed E-state index contributed by atoms with van der Waals surface area (Å²) in [6.45, 7) is -3.07. The zero-order chi connectivity index (χ0) is 79.2. The summed E-state index contributed by atoms with van der Waals surface area (Å²) in [5.74, 6) is 1.12. The maximum absolute atomic E-state index is 11.6. The first-order chi connectivity index (χ1) is 52.3. The second-order valence-electron chi connectivity index (χ2n) is 28.2. The number of nitrogens with one attached hydrogen (secondary N) is 2. The predicted octanol–water partition coefficient (Wildman–Crippen LogP) is -10.5. The van der Waals surface area contributed by atoms with Gasteiger partial charge < -0.3 is 194 Å². The minimum Gasteiger partial charge on any atom is -0.394 e. The van der Waals surface area contributed by atoms with Gasteiger partial charge in [-0.1, -0.05) is 12.8 Å². The third-order valence-electron chi connectivity index (χ3n) is 20.4. The lowest BCUT2D eigenvalue weighted by molar-refractivity contribution is -0.353. The molecule has 25 N–H and O–H groups in total. The second kappa shape index (κ2) is 46.8. The summed E-state index contributed by atoms with van der Waals surface area (Å²) in [4.78, 5) is 0. The number of thiocarbonyl (C=S) groups is 1. The molecular formula is C65H116N2O37S5. The van der Waals surface area contributed by atoms with E-state index in [1.54, 1.807) is 0 Å². The maximum atomic E-state index is 11.6. The van der Waals surface area contributed by atoms with Crippen LogP contribution in [0, 0.1) is 11.3 Å². The number of thioether (sulfide) groups is 4. The first-order valence-electron chi connectivity index (χ1n) is 36.8. The Bertz CT molecular complexity index is 2470. The minimum atomic E-state index is -1.85. The third kappa shape index (κ3) is 25.3. The molecule has 638 valence electrons. The lowest BCUT2D eigenvalue weighted by Crippen LogP contribution is -2.64. The summed E-state index contributed by atoms with van der Waals surface area (Å²) < 4.78 is 82.8. The number of hydrogen-bond acceptors (Lipinski definition) is 42. The Kier molecular flexibility index (Phi) is 40.4. The van der Waals surface area contributed by atoms with E-state index < -0.39 is 257 Å². The van der Waals surface area contributed by atoms with Gasteiger partial charge >= 0.3 is 0 Å². The lowest BCUT2D eigenvalue weighted by Gasteiger charge is -2.47. The number of hydrogen-bond donors (Lipinski definition) is 25. The Morgan fingerprint density at radius 3 is 1.35 bits per heavy atom. The third-order valence-corrected chi connectivity index (χ3v) is 25.4. The van der Waals surface area contributed by atoms with Crippen molar-refractivity contribution in [1.82, 2.24) is 10.6 Å². The summed E-state index contributed by atoms with van der Waals surface area (Å²) in [7, 11) is 0. The average molecular weight is 1680 g/mol. The molecule has 0 saturated carbocycles. The fourth-order valence-corrected chi connectivity index (χ4v) is 18.2. The molecule has 10 rings (SSSR count). The van der Waals surface area contributed by atoms with Crippen molar-refractivity contribution in [2.24, 2.45) is 11.3 Å². The zero-order valence-corrected chi connectivity index (χ0v) is 64.1. The van der Waals surface area contributed by atoms with E-state index in [9.17, 15) is 117 Å². The summed E-state index contributed by atoms with van der Waals surface area (Å²) in [6, 6.07) is 0. The van der Waals surface area contributed by atoms with Gasteiger partial charge in [-0.2, -0.15) is 11.8 Å². The maximum Gasteiger partial charge on any atom is 0.187 e. The van der Waals surface area contributed by atoms with Crippen LogP contribution in [0.4, 0.5) is 0 Å². The van der Waals surface area contributed by atoms with Crippen LogP contribution in [0.15, 0.2) is 0 Å². The highest BCUT2D eigenvalue weighted by molar-refractivity contribution is 8.00. The number of aliphatic hydroxyl groups is 23. The molecule has 39 nitrogen and oxygen atoms in total. The fraction of sp³-hybridized carbons (Fsp3) is 0.985. The monoisotopic (exact) mass is 1680 g/mol. The Balaban J connectivity index is 0.908. The van der Waals surface area contributed by atoms with Gasteiger partial charge in [0.05, 0.1) is 65.1 Å². The first kappa shape index (κ1) is 94.1. The van der Waals surface area contributed by atoms with E-state index in [0.717, 1.165) is 35.3 Å². The van der Waals surface area contributed by atoms with Crippen LogP contribution in [0.5, 0.6) is 0 Å². The van der Waals surface area contributed by atoms with Gasteiger partial charge in [0.15, 0.2) is 30.3 Å². The van der Waals surface area contributed by atoms with E-state index in [1.807, 2.05) is 0 Å². The smallest absolute Gasteiger partial charge is 0.187 e. The topological polar surface area (TPSA) is 619 Å². The van der Waals surface area contributed by atoms with Crippen molar-refractivity contribution in [3.05, 3.63) is 0 Å². The van der Waals surface area contributed by atoms with E-state index in [0.29, 0.717) is 68.7 Å². The van der Waals surface area contributed by atoms with Crippen LogP contribution in [0.1, 0.15) is 51.4 Å². The van der Waals surface area contributed by atoms with Crippen molar-refractivity contribution in [2.75, 3.05) is 128 Å². The Labute approximate surface area is 652 Å². The molecule has 0 aromatic rings. The van der Waals surface area contributed by atoms with Crippen LogP contribution >= 0.6 is 59.3 Å². The molecule has 35 atom stereocenters. The van der Waals surface area contributed by atoms with Crippen LogP contribution in [0.25, 0.3) is 0 Å². The number of ether oxygens (including phenoxy) is 14. The molecule has 10 heterocycles. The van der Waals surface area contributed by atoms with Crippen molar-refractivity contribution in [2.45, 2.75) is 258 Å². The van der Waals surface area contributed by atoms with Gasteiger partial charge in [-0.05, 0) is 68.0 Å². The lowest BCUT2D eigenvalue weighted by atomic mass is 9.85. The highest BCUT2D eigenvalue weighted by Crippen LogP contribution is 2.39. The van der Waals surface area contributed by atoms with E-state index >= 15 is 0 Å². The molecule has 10 aliphatic rings. The van der Waals surface area contributed by atoms with Crippen LogP contribution in [0.3, 0.4) is 0 Å². The number of aliphatic hydroxyl groups excluding tert-OH is 23.